The molecule has 158 valence electrons. The van der Waals surface area contributed by atoms with E-state index in [9.17, 15) is 14.4 Å². The largest absolute Gasteiger partial charge is 0.494 e. The fraction of sp³-hybridized carbons (Fsp3) is 0.348. The summed E-state index contributed by atoms with van der Waals surface area (Å²) in [6.07, 6.45) is 2.79. The summed E-state index contributed by atoms with van der Waals surface area (Å²) in [6.45, 7) is 4.82. The lowest BCUT2D eigenvalue weighted by atomic mass is 10.1. The summed E-state index contributed by atoms with van der Waals surface area (Å²) in [5.74, 6) is 0.379. The quantitative estimate of drug-likeness (QED) is 0.581. The first kappa shape index (κ1) is 21.4. The number of anilines is 1. The topological polar surface area (TPSA) is 96.5 Å². The molecule has 0 spiro atoms. The van der Waals surface area contributed by atoms with Crippen molar-refractivity contribution in [3.05, 3.63) is 59.7 Å². The van der Waals surface area contributed by atoms with Gasteiger partial charge in [0.25, 0.3) is 11.8 Å². The molecule has 0 bridgehead atoms. The molecule has 2 aromatic carbocycles. The van der Waals surface area contributed by atoms with Crippen molar-refractivity contribution in [3.8, 4) is 5.75 Å². The van der Waals surface area contributed by atoms with Crippen molar-refractivity contribution in [2.75, 3.05) is 11.9 Å². The standard InChI is InChI=1S/C23H27N3O4/c1-15(2)12-13-30-20-5-3-4-18(14-20)23(29)26-25-22(28)17-8-10-19(11-9-17)24-21(27)16-6-7-16/h3-5,8-11,14-16H,6-7,12-13H2,1-2H3,(H,24,27)(H,25,28)(H,26,29). The molecule has 0 radical (unpaired) electrons. The molecule has 30 heavy (non-hydrogen) atoms. The third-order valence-corrected chi connectivity index (χ3v) is 4.71. The lowest BCUT2D eigenvalue weighted by Crippen LogP contribution is -2.41. The first-order chi connectivity index (χ1) is 14.4. The van der Waals surface area contributed by atoms with Crippen molar-refractivity contribution >= 4 is 23.4 Å². The van der Waals surface area contributed by atoms with Gasteiger partial charge < -0.3 is 10.1 Å². The van der Waals surface area contributed by atoms with E-state index in [1.54, 1.807) is 48.5 Å². The average Bonchev–Trinajstić information content (AvgIpc) is 3.58. The van der Waals surface area contributed by atoms with E-state index in [4.69, 9.17) is 4.74 Å². The van der Waals surface area contributed by atoms with Crippen LogP contribution in [0.15, 0.2) is 48.5 Å². The minimum absolute atomic E-state index is 0.00915. The van der Waals surface area contributed by atoms with E-state index in [1.165, 1.54) is 0 Å². The summed E-state index contributed by atoms with van der Waals surface area (Å²) in [6, 6.07) is 13.3. The van der Waals surface area contributed by atoms with E-state index in [2.05, 4.69) is 30.0 Å². The third kappa shape index (κ3) is 6.34. The molecule has 0 aromatic heterocycles. The summed E-state index contributed by atoms with van der Waals surface area (Å²) in [5, 5.41) is 2.82. The summed E-state index contributed by atoms with van der Waals surface area (Å²) in [4.78, 5) is 36.4. The number of hydrazine groups is 1. The highest BCUT2D eigenvalue weighted by Gasteiger charge is 2.29. The molecule has 0 saturated heterocycles. The van der Waals surface area contributed by atoms with Crippen LogP contribution in [0.4, 0.5) is 5.69 Å². The number of carbonyl (C=O) groups is 3. The van der Waals surface area contributed by atoms with Crippen LogP contribution in [0.2, 0.25) is 0 Å². The van der Waals surface area contributed by atoms with Gasteiger partial charge >= 0.3 is 0 Å². The zero-order valence-electron chi connectivity index (χ0n) is 17.2. The number of ether oxygens (including phenoxy) is 1. The smallest absolute Gasteiger partial charge is 0.269 e. The Morgan fingerprint density at radius 2 is 1.63 bits per heavy atom. The molecule has 3 N–H and O–H groups in total. The first-order valence-corrected chi connectivity index (χ1v) is 10.2. The number of carbonyl (C=O) groups excluding carboxylic acids is 3. The van der Waals surface area contributed by atoms with E-state index >= 15 is 0 Å². The van der Waals surface area contributed by atoms with Crippen LogP contribution < -0.4 is 20.9 Å². The summed E-state index contributed by atoms with van der Waals surface area (Å²) in [5.41, 5.74) is 6.19. The van der Waals surface area contributed by atoms with E-state index in [-0.39, 0.29) is 11.8 Å². The van der Waals surface area contributed by atoms with Gasteiger partial charge in [-0.1, -0.05) is 19.9 Å². The molecule has 7 heteroatoms. The molecule has 0 unspecified atom stereocenters. The van der Waals surface area contributed by atoms with Gasteiger partial charge in [0, 0.05) is 22.7 Å². The maximum absolute atomic E-state index is 12.3. The fourth-order valence-electron chi connectivity index (χ4n) is 2.69. The van der Waals surface area contributed by atoms with Crippen molar-refractivity contribution in [1.29, 1.82) is 0 Å². The Morgan fingerprint density at radius 3 is 2.27 bits per heavy atom. The van der Waals surface area contributed by atoms with Gasteiger partial charge in [-0.3, -0.25) is 25.2 Å². The van der Waals surface area contributed by atoms with E-state index in [0.29, 0.717) is 35.1 Å². The Hall–Kier alpha value is -3.35. The van der Waals surface area contributed by atoms with Crippen molar-refractivity contribution in [1.82, 2.24) is 10.9 Å². The monoisotopic (exact) mass is 409 g/mol. The zero-order valence-corrected chi connectivity index (χ0v) is 17.2. The van der Waals surface area contributed by atoms with Crippen molar-refractivity contribution in [3.63, 3.8) is 0 Å². The Bertz CT molecular complexity index is 905. The molecule has 0 atom stereocenters. The molecule has 1 fully saturated rings. The van der Waals surface area contributed by atoms with Gasteiger partial charge in [-0.05, 0) is 67.6 Å². The van der Waals surface area contributed by atoms with Gasteiger partial charge in [0.15, 0.2) is 0 Å². The Balaban J connectivity index is 1.49. The molecular formula is C23H27N3O4. The van der Waals surface area contributed by atoms with Gasteiger partial charge in [-0.15, -0.1) is 0 Å². The molecule has 0 aliphatic heterocycles. The van der Waals surface area contributed by atoms with Crippen LogP contribution in [-0.4, -0.2) is 24.3 Å². The minimum Gasteiger partial charge on any atom is -0.494 e. The maximum atomic E-state index is 12.3. The van der Waals surface area contributed by atoms with E-state index in [1.807, 2.05) is 0 Å². The number of hydrogen-bond acceptors (Lipinski definition) is 4. The zero-order chi connectivity index (χ0) is 21.5. The summed E-state index contributed by atoms with van der Waals surface area (Å²) >= 11 is 0. The SMILES string of the molecule is CC(C)CCOc1cccc(C(=O)NNC(=O)c2ccc(NC(=O)C3CC3)cc2)c1. The second kappa shape index (κ2) is 9.91. The Morgan fingerprint density at radius 1 is 0.967 bits per heavy atom. The highest BCUT2D eigenvalue weighted by Crippen LogP contribution is 2.30. The number of nitrogens with one attached hydrogen (secondary N) is 3. The molecule has 1 saturated carbocycles. The molecule has 1 aliphatic rings. The van der Waals surface area contributed by atoms with Crippen molar-refractivity contribution < 1.29 is 19.1 Å². The predicted molar refractivity (Wildman–Crippen MR) is 114 cm³/mol. The number of rotatable bonds is 8. The number of hydrogen-bond donors (Lipinski definition) is 3. The number of benzene rings is 2. The first-order valence-electron chi connectivity index (χ1n) is 10.2. The summed E-state index contributed by atoms with van der Waals surface area (Å²) in [7, 11) is 0. The minimum atomic E-state index is -0.451. The van der Waals surface area contributed by atoms with Crippen LogP contribution in [0.25, 0.3) is 0 Å². The van der Waals surface area contributed by atoms with Gasteiger partial charge in [0.2, 0.25) is 5.91 Å². The van der Waals surface area contributed by atoms with Crippen LogP contribution in [0.5, 0.6) is 5.75 Å². The van der Waals surface area contributed by atoms with Crippen LogP contribution in [-0.2, 0) is 4.79 Å². The molecule has 3 rings (SSSR count). The second-order valence-electron chi connectivity index (χ2n) is 7.81. The molecule has 7 nitrogen and oxygen atoms in total. The maximum Gasteiger partial charge on any atom is 0.269 e. The highest BCUT2D eigenvalue weighted by atomic mass is 16.5. The molecule has 1 aliphatic carbocycles. The normalized spacial score (nSPS) is 12.9. The molecule has 2 aromatic rings. The van der Waals surface area contributed by atoms with E-state index in [0.717, 1.165) is 19.3 Å². The van der Waals surface area contributed by atoms with Crippen LogP contribution in [0.3, 0.4) is 0 Å². The number of amides is 3. The van der Waals surface area contributed by atoms with Crippen molar-refractivity contribution in [2.24, 2.45) is 11.8 Å². The van der Waals surface area contributed by atoms with Gasteiger partial charge in [-0.2, -0.15) is 0 Å². The Kier molecular flexibility index (Phi) is 7.06. The van der Waals surface area contributed by atoms with Gasteiger partial charge in [0.05, 0.1) is 6.61 Å². The van der Waals surface area contributed by atoms with Crippen LogP contribution in [0, 0.1) is 11.8 Å². The summed E-state index contributed by atoms with van der Waals surface area (Å²) < 4.78 is 5.66. The third-order valence-electron chi connectivity index (χ3n) is 4.71. The van der Waals surface area contributed by atoms with Gasteiger partial charge in [-0.25, -0.2) is 0 Å². The van der Waals surface area contributed by atoms with E-state index < -0.39 is 11.8 Å². The second-order valence-corrected chi connectivity index (χ2v) is 7.81. The molecular weight excluding hydrogens is 382 g/mol. The van der Waals surface area contributed by atoms with Crippen LogP contribution in [0.1, 0.15) is 53.8 Å². The van der Waals surface area contributed by atoms with Crippen LogP contribution >= 0.6 is 0 Å². The predicted octanol–water partition coefficient (Wildman–Crippen LogP) is 3.53. The molecule has 3 amide bonds. The Labute approximate surface area is 176 Å². The fourth-order valence-corrected chi connectivity index (χ4v) is 2.69. The van der Waals surface area contributed by atoms with Gasteiger partial charge in [0.1, 0.15) is 5.75 Å². The lowest BCUT2D eigenvalue weighted by molar-refractivity contribution is -0.117. The molecule has 0 heterocycles. The highest BCUT2D eigenvalue weighted by molar-refractivity contribution is 6.00. The lowest BCUT2D eigenvalue weighted by Gasteiger charge is -2.11. The average molecular weight is 409 g/mol. The van der Waals surface area contributed by atoms with Crippen molar-refractivity contribution in [2.45, 2.75) is 33.1 Å².